The molecule has 6 rings (SSSR count). The molecule has 0 bridgehead atoms. The number of ether oxygens (including phenoxy) is 4. The second kappa shape index (κ2) is 28.2. The monoisotopic (exact) mass is 874 g/mol. The Bertz CT molecular complexity index is 2100. The van der Waals surface area contributed by atoms with Crippen LogP contribution in [0.3, 0.4) is 0 Å². The molecule has 63 heavy (non-hydrogen) atoms. The number of amides is 2. The van der Waals surface area contributed by atoms with E-state index in [-0.39, 0.29) is 24.6 Å². The topological polar surface area (TPSA) is 190 Å². The molecular formula is C45H60F2N10O6. The smallest absolute Gasteiger partial charge is 0.383 e. The van der Waals surface area contributed by atoms with Crippen molar-refractivity contribution in [3.8, 4) is 0 Å². The summed E-state index contributed by atoms with van der Waals surface area (Å²) in [5, 5.41) is 5.22. The first-order valence-electron chi connectivity index (χ1n) is 20.3. The molecular weight excluding hydrogens is 815 g/mol. The average molecular weight is 875 g/mol. The maximum absolute atomic E-state index is 14.9. The summed E-state index contributed by atoms with van der Waals surface area (Å²) in [5.74, 6) is -0.701. The largest absolute Gasteiger partial charge is 0.454 e. The molecule has 4 aromatic rings. The number of aliphatic imine (C=N–C) groups is 3. The van der Waals surface area contributed by atoms with E-state index in [1.165, 1.54) is 12.3 Å². The standard InChI is InChI=1S/C22H28FN5O3.C15H22FN3O2.C7H6N2O.CH4/c1-16-8-9-18(15-25-16)26-21(29)27-19-7-3-5-17(20(19)23)6-4-11-28-12-10-24-22(30-2)31-14-13-28;1-20-15-18-7-9-19(10-11-21-15)8-3-5-12-4-2-6-13(17)14(12)16;1-6-2-3-7(4-8-6)9-5-10;/h3,5,7-9,15H,4,6,10-14H2,1-2H3,(H2,26,27,29);2,4,6H,3,5,7-11,17H2,1H3;2-4H,1H3;1H4. The second-order valence-electron chi connectivity index (χ2n) is 14.0. The van der Waals surface area contributed by atoms with Gasteiger partial charge in [0.05, 0.1) is 62.5 Å². The minimum absolute atomic E-state index is 0. The molecule has 2 aliphatic heterocycles. The molecule has 0 saturated carbocycles. The van der Waals surface area contributed by atoms with Gasteiger partial charge in [0.15, 0.2) is 0 Å². The van der Waals surface area contributed by atoms with Crippen molar-refractivity contribution in [1.29, 1.82) is 0 Å². The van der Waals surface area contributed by atoms with Crippen LogP contribution >= 0.6 is 0 Å². The van der Waals surface area contributed by atoms with Crippen molar-refractivity contribution in [3.05, 3.63) is 107 Å². The van der Waals surface area contributed by atoms with Gasteiger partial charge in [0.1, 0.15) is 24.8 Å². The van der Waals surface area contributed by atoms with Gasteiger partial charge < -0.3 is 35.3 Å². The number of pyridine rings is 2. The zero-order valence-corrected chi connectivity index (χ0v) is 35.7. The van der Waals surface area contributed by atoms with Gasteiger partial charge >= 0.3 is 18.2 Å². The molecule has 340 valence electrons. The Morgan fingerprint density at radius 3 is 1.86 bits per heavy atom. The molecule has 2 aromatic carbocycles. The summed E-state index contributed by atoms with van der Waals surface area (Å²) in [4.78, 5) is 46.3. The van der Waals surface area contributed by atoms with Crippen LogP contribution in [0.15, 0.2) is 88.0 Å². The number of aromatic nitrogens is 2. The van der Waals surface area contributed by atoms with Crippen molar-refractivity contribution in [3.63, 3.8) is 0 Å². The van der Waals surface area contributed by atoms with Crippen molar-refractivity contribution in [1.82, 2.24) is 19.8 Å². The molecule has 0 spiro atoms. The van der Waals surface area contributed by atoms with Crippen molar-refractivity contribution in [2.75, 3.05) is 96.2 Å². The van der Waals surface area contributed by atoms with Crippen LogP contribution in [0.25, 0.3) is 0 Å². The predicted molar refractivity (Wildman–Crippen MR) is 242 cm³/mol. The lowest BCUT2D eigenvalue weighted by atomic mass is 10.1. The summed E-state index contributed by atoms with van der Waals surface area (Å²) in [6, 6.07) is 16.7. The first-order chi connectivity index (χ1) is 30.1. The zero-order valence-electron chi connectivity index (χ0n) is 35.7. The third-order valence-electron chi connectivity index (χ3n) is 9.45. The highest BCUT2D eigenvalue weighted by molar-refractivity contribution is 5.99. The molecule has 0 saturated heterocycles. The number of nitrogens with two attached hydrogens (primary N) is 1. The number of methoxy groups -OCH3 is 2. The van der Waals surface area contributed by atoms with Crippen LogP contribution in [0.5, 0.6) is 0 Å². The quantitative estimate of drug-likeness (QED) is 0.0791. The molecule has 0 aliphatic carbocycles. The Labute approximate surface area is 368 Å². The number of anilines is 3. The molecule has 4 heterocycles. The predicted octanol–water partition coefficient (Wildman–Crippen LogP) is 7.11. The summed E-state index contributed by atoms with van der Waals surface area (Å²) in [7, 11) is 3.09. The lowest BCUT2D eigenvalue weighted by Crippen LogP contribution is -2.34. The van der Waals surface area contributed by atoms with E-state index in [4.69, 9.17) is 24.7 Å². The van der Waals surface area contributed by atoms with Gasteiger partial charge in [0.25, 0.3) is 0 Å². The van der Waals surface area contributed by atoms with Gasteiger partial charge in [0, 0.05) is 37.6 Å². The number of isocyanates is 1. The molecule has 0 fully saturated rings. The molecule has 0 atom stereocenters. The van der Waals surface area contributed by atoms with Crippen LogP contribution in [-0.4, -0.2) is 124 Å². The van der Waals surface area contributed by atoms with Crippen molar-refractivity contribution in [2.45, 2.75) is 47.0 Å². The number of benzene rings is 2. The third-order valence-corrected chi connectivity index (χ3v) is 9.45. The molecule has 0 unspecified atom stereocenters. The van der Waals surface area contributed by atoms with Crippen LogP contribution < -0.4 is 16.4 Å². The summed E-state index contributed by atoms with van der Waals surface area (Å²) in [6.45, 7) is 11.0. The van der Waals surface area contributed by atoms with Crippen LogP contribution in [0, 0.1) is 25.5 Å². The maximum Gasteiger partial charge on any atom is 0.383 e. The number of halogens is 2. The fourth-order valence-electron chi connectivity index (χ4n) is 6.15. The van der Waals surface area contributed by atoms with E-state index < -0.39 is 11.8 Å². The molecule has 16 nitrogen and oxygen atoms in total. The minimum Gasteiger partial charge on any atom is -0.454 e. The lowest BCUT2D eigenvalue weighted by molar-refractivity contribution is 0.146. The molecule has 2 aromatic heterocycles. The highest BCUT2D eigenvalue weighted by Gasteiger charge is 2.15. The fraction of sp³-hybridized carbons (Fsp3) is 0.422. The third kappa shape index (κ3) is 18.6. The molecule has 0 radical (unpaired) electrons. The number of nitrogen functional groups attached to an aromatic ring is 1. The highest BCUT2D eigenvalue weighted by atomic mass is 19.1. The number of aryl methyl sites for hydroxylation is 4. The summed E-state index contributed by atoms with van der Waals surface area (Å²) in [5.41, 5.74) is 10.0. The van der Waals surface area contributed by atoms with Gasteiger partial charge in [-0.15, -0.1) is 0 Å². The van der Waals surface area contributed by atoms with E-state index in [2.05, 4.69) is 45.4 Å². The Morgan fingerprint density at radius 1 is 0.778 bits per heavy atom. The van der Waals surface area contributed by atoms with Crippen LogP contribution in [0.1, 0.15) is 42.8 Å². The second-order valence-corrected chi connectivity index (χ2v) is 14.0. The number of urea groups is 1. The van der Waals surface area contributed by atoms with Gasteiger partial charge in [-0.25, -0.2) is 28.4 Å². The lowest BCUT2D eigenvalue weighted by Gasteiger charge is -2.23. The van der Waals surface area contributed by atoms with Gasteiger partial charge in [-0.1, -0.05) is 31.7 Å². The van der Waals surface area contributed by atoms with Crippen molar-refractivity contribution < 1.29 is 37.3 Å². The number of nitrogens with zero attached hydrogens (tertiary/aromatic N) is 7. The molecule has 2 amide bonds. The number of hydrogen-bond donors (Lipinski definition) is 3. The Hall–Kier alpha value is -6.49. The first-order valence-corrected chi connectivity index (χ1v) is 20.3. The number of nitrogens with one attached hydrogen (secondary N) is 2. The first kappa shape index (κ1) is 50.9. The van der Waals surface area contributed by atoms with E-state index in [1.807, 2.05) is 13.8 Å². The number of hydrogen-bond acceptors (Lipinski definition) is 14. The Kier molecular flexibility index (Phi) is 22.7. The van der Waals surface area contributed by atoms with Gasteiger partial charge in [-0.05, 0) is 100 Å². The van der Waals surface area contributed by atoms with E-state index in [0.717, 1.165) is 63.5 Å². The fourth-order valence-corrected chi connectivity index (χ4v) is 6.15. The number of rotatable bonds is 11. The summed E-state index contributed by atoms with van der Waals surface area (Å²) >= 11 is 0. The van der Waals surface area contributed by atoms with Gasteiger partial charge in [0.2, 0.25) is 6.08 Å². The van der Waals surface area contributed by atoms with E-state index in [0.29, 0.717) is 73.8 Å². The molecule has 4 N–H and O–H groups in total. The highest BCUT2D eigenvalue weighted by Crippen LogP contribution is 2.21. The summed E-state index contributed by atoms with van der Waals surface area (Å²) < 4.78 is 49.4. The number of carbonyl (C=O) groups is 1. The summed E-state index contributed by atoms with van der Waals surface area (Å²) in [6.07, 6.45) is 8.11. The molecule has 2 aliphatic rings. The Balaban J connectivity index is 0.000000283. The van der Waals surface area contributed by atoms with E-state index in [1.54, 1.807) is 81.1 Å². The van der Waals surface area contributed by atoms with Crippen LogP contribution in [0.4, 0.5) is 36.3 Å². The van der Waals surface area contributed by atoms with E-state index in [9.17, 15) is 18.4 Å². The SMILES string of the molecule is C.COC1=NCCN(CCCc2cccc(N)c2F)CCO1.COC1=NCCN(CCCc2cccc(NC(=O)Nc3ccc(C)nc3)c2F)CCO1.Cc1ccc(N=C=O)cn1. The number of carbonyl (C=O) groups excluding carboxylic acids is 2. The Morgan fingerprint density at radius 2 is 1.33 bits per heavy atom. The molecule has 18 heteroatoms. The van der Waals surface area contributed by atoms with Gasteiger partial charge in [-0.2, -0.15) is 4.99 Å². The van der Waals surface area contributed by atoms with Crippen molar-refractivity contribution in [2.24, 2.45) is 15.0 Å². The minimum atomic E-state index is -0.515. The van der Waals surface area contributed by atoms with Gasteiger partial charge in [-0.3, -0.25) is 19.8 Å². The van der Waals surface area contributed by atoms with Crippen molar-refractivity contribution >= 4 is 47.0 Å². The average Bonchev–Trinajstić information content (AvgIpc) is 3.24. The maximum atomic E-state index is 14.9. The zero-order chi connectivity index (χ0) is 44.5. The van der Waals surface area contributed by atoms with Crippen LogP contribution in [-0.2, 0) is 36.6 Å². The van der Waals surface area contributed by atoms with E-state index >= 15 is 0 Å². The van der Waals surface area contributed by atoms with Crippen LogP contribution in [0.2, 0.25) is 0 Å². The normalized spacial score (nSPS) is 14.1.